The van der Waals surface area contributed by atoms with Crippen LogP contribution in [0.15, 0.2) is 47.6 Å². The van der Waals surface area contributed by atoms with Gasteiger partial charge in [0.25, 0.3) is 0 Å². The number of carbonyl (C=O) groups excluding carboxylic acids is 2. The van der Waals surface area contributed by atoms with Gasteiger partial charge in [0, 0.05) is 0 Å². The molecule has 176 valence electrons. The molecule has 2 rings (SSSR count). The summed E-state index contributed by atoms with van der Waals surface area (Å²) in [5.74, 6) is 0.506. The summed E-state index contributed by atoms with van der Waals surface area (Å²) >= 11 is 0. The zero-order valence-corrected chi connectivity index (χ0v) is 20.2. The molecule has 0 heterocycles. The maximum absolute atomic E-state index is 12.6. The standard InChI is InChI=1S/C26H37NO5/c1-18(2)15-23(27-25(29)32-26(4,5)6)24(28)31-17-21-11-13-22(14-12-21)30-16-20-9-7-19(3)8-10-20/h7,9,11-14,18,23H,8,10,15-17H2,1-6H3,(H,27,29). The molecule has 1 aliphatic rings. The predicted octanol–water partition coefficient (Wildman–Crippen LogP) is 5.71. The van der Waals surface area contributed by atoms with Gasteiger partial charge in [-0.1, -0.05) is 43.7 Å². The first-order chi connectivity index (χ1) is 15.0. The van der Waals surface area contributed by atoms with Gasteiger partial charge in [0.2, 0.25) is 0 Å². The second-order valence-corrected chi connectivity index (χ2v) is 9.71. The number of benzene rings is 1. The number of amides is 1. The number of hydrogen-bond acceptors (Lipinski definition) is 5. The number of ether oxygens (including phenoxy) is 3. The van der Waals surface area contributed by atoms with Gasteiger partial charge in [0.15, 0.2) is 0 Å². The molecule has 6 heteroatoms. The molecule has 1 amide bonds. The Labute approximate surface area is 192 Å². The van der Waals surface area contributed by atoms with Gasteiger partial charge in [-0.25, -0.2) is 9.59 Å². The summed E-state index contributed by atoms with van der Waals surface area (Å²) in [5.41, 5.74) is 2.89. The van der Waals surface area contributed by atoms with Crippen LogP contribution in [0.2, 0.25) is 0 Å². The summed E-state index contributed by atoms with van der Waals surface area (Å²) in [5, 5.41) is 2.64. The Morgan fingerprint density at radius 1 is 1.03 bits per heavy atom. The quantitative estimate of drug-likeness (QED) is 0.495. The van der Waals surface area contributed by atoms with Crippen molar-refractivity contribution >= 4 is 12.1 Å². The van der Waals surface area contributed by atoms with Gasteiger partial charge in [-0.3, -0.25) is 0 Å². The van der Waals surface area contributed by atoms with Crippen molar-refractivity contribution in [1.82, 2.24) is 5.32 Å². The number of nitrogens with one attached hydrogen (secondary N) is 1. The molecule has 6 nitrogen and oxygen atoms in total. The van der Waals surface area contributed by atoms with Gasteiger partial charge >= 0.3 is 12.1 Å². The van der Waals surface area contributed by atoms with Crippen LogP contribution in [0.3, 0.4) is 0 Å². The van der Waals surface area contributed by atoms with Gasteiger partial charge in [-0.2, -0.15) is 0 Å². The highest BCUT2D eigenvalue weighted by molar-refractivity contribution is 5.81. The van der Waals surface area contributed by atoms with Gasteiger partial charge < -0.3 is 19.5 Å². The minimum absolute atomic E-state index is 0.124. The molecule has 0 bridgehead atoms. The molecule has 1 atom stereocenters. The van der Waals surface area contributed by atoms with E-state index in [0.29, 0.717) is 13.0 Å². The number of carbonyl (C=O) groups is 2. The first-order valence-electron chi connectivity index (χ1n) is 11.2. The third-order valence-corrected chi connectivity index (χ3v) is 4.86. The van der Waals surface area contributed by atoms with E-state index in [1.165, 1.54) is 11.1 Å². The van der Waals surface area contributed by atoms with Crippen LogP contribution >= 0.6 is 0 Å². The van der Waals surface area contributed by atoms with E-state index >= 15 is 0 Å². The Bertz CT molecular complexity index is 831. The molecule has 0 spiro atoms. The van der Waals surface area contributed by atoms with Crippen molar-refractivity contribution < 1.29 is 23.8 Å². The van der Waals surface area contributed by atoms with Gasteiger partial charge in [-0.15, -0.1) is 0 Å². The van der Waals surface area contributed by atoms with Crippen LogP contribution in [-0.4, -0.2) is 30.3 Å². The van der Waals surface area contributed by atoms with Crippen LogP contribution in [0.1, 0.15) is 66.4 Å². The lowest BCUT2D eigenvalue weighted by Crippen LogP contribution is -2.44. The van der Waals surface area contributed by atoms with Crippen LogP contribution in [0.25, 0.3) is 0 Å². The molecule has 0 aromatic heterocycles. The lowest BCUT2D eigenvalue weighted by molar-refractivity contribution is -0.148. The van der Waals surface area contributed by atoms with Crippen molar-refractivity contribution in [2.24, 2.45) is 5.92 Å². The van der Waals surface area contributed by atoms with Crippen molar-refractivity contribution in [1.29, 1.82) is 0 Å². The number of alkyl carbamates (subject to hydrolysis) is 1. The number of esters is 1. The Morgan fingerprint density at radius 2 is 1.72 bits per heavy atom. The van der Waals surface area contributed by atoms with E-state index in [9.17, 15) is 9.59 Å². The molecule has 0 fully saturated rings. The van der Waals surface area contributed by atoms with Crippen molar-refractivity contribution in [2.45, 2.75) is 79.1 Å². The molecule has 1 aromatic rings. The Kier molecular flexibility index (Phi) is 9.36. The summed E-state index contributed by atoms with van der Waals surface area (Å²) < 4.78 is 16.6. The lowest BCUT2D eigenvalue weighted by Gasteiger charge is -2.23. The SMILES string of the molecule is CC1=CC=C(COc2ccc(COC(=O)C(CC(C)C)NC(=O)OC(C)(C)C)cc2)CC1. The third-order valence-electron chi connectivity index (χ3n) is 4.86. The normalized spacial score (nSPS) is 14.8. The summed E-state index contributed by atoms with van der Waals surface area (Å²) in [6, 6.07) is 6.74. The first-order valence-corrected chi connectivity index (χ1v) is 11.2. The smallest absolute Gasteiger partial charge is 0.408 e. The molecule has 0 saturated carbocycles. The van der Waals surface area contributed by atoms with E-state index in [0.717, 1.165) is 24.2 Å². The van der Waals surface area contributed by atoms with Crippen LogP contribution in [0.4, 0.5) is 4.79 Å². The highest BCUT2D eigenvalue weighted by Crippen LogP contribution is 2.20. The summed E-state index contributed by atoms with van der Waals surface area (Å²) in [7, 11) is 0. The molecule has 1 unspecified atom stereocenters. The Balaban J connectivity index is 1.85. The topological polar surface area (TPSA) is 73.9 Å². The Hall–Kier alpha value is -2.76. The second-order valence-electron chi connectivity index (χ2n) is 9.71. The summed E-state index contributed by atoms with van der Waals surface area (Å²) in [6.07, 6.45) is 6.23. The fraction of sp³-hybridized carbons (Fsp3) is 0.538. The van der Waals surface area contributed by atoms with E-state index in [4.69, 9.17) is 14.2 Å². The highest BCUT2D eigenvalue weighted by Gasteiger charge is 2.26. The van der Waals surface area contributed by atoms with E-state index in [-0.39, 0.29) is 12.5 Å². The number of hydrogen-bond donors (Lipinski definition) is 1. The monoisotopic (exact) mass is 443 g/mol. The molecule has 0 saturated heterocycles. The lowest BCUT2D eigenvalue weighted by atomic mass is 10.0. The maximum Gasteiger partial charge on any atom is 0.408 e. The molecule has 1 N–H and O–H groups in total. The van der Waals surface area contributed by atoms with Gasteiger partial charge in [0.1, 0.15) is 30.6 Å². The van der Waals surface area contributed by atoms with Gasteiger partial charge in [0.05, 0.1) is 0 Å². The zero-order valence-electron chi connectivity index (χ0n) is 20.2. The Morgan fingerprint density at radius 3 is 2.28 bits per heavy atom. The fourth-order valence-electron chi connectivity index (χ4n) is 3.15. The van der Waals surface area contributed by atoms with Crippen molar-refractivity contribution in [2.75, 3.05) is 6.61 Å². The number of rotatable bonds is 9. The molecule has 0 aliphatic heterocycles. The van der Waals surface area contributed by atoms with Gasteiger partial charge in [-0.05, 0) is 76.1 Å². The zero-order chi connectivity index (χ0) is 23.7. The van der Waals surface area contributed by atoms with Crippen LogP contribution in [-0.2, 0) is 20.9 Å². The average molecular weight is 444 g/mol. The molecule has 1 aliphatic carbocycles. The minimum Gasteiger partial charge on any atom is -0.489 e. The molecule has 0 radical (unpaired) electrons. The molecular weight excluding hydrogens is 406 g/mol. The fourth-order valence-corrected chi connectivity index (χ4v) is 3.15. The summed E-state index contributed by atoms with van der Waals surface area (Å²) in [4.78, 5) is 24.7. The molecule has 32 heavy (non-hydrogen) atoms. The first kappa shape index (κ1) is 25.5. The maximum atomic E-state index is 12.6. The second kappa shape index (κ2) is 11.7. The van der Waals surface area contributed by atoms with Crippen LogP contribution < -0.4 is 10.1 Å². The average Bonchev–Trinajstić information content (AvgIpc) is 2.70. The van der Waals surface area contributed by atoms with Crippen LogP contribution in [0.5, 0.6) is 5.75 Å². The predicted molar refractivity (Wildman–Crippen MR) is 125 cm³/mol. The molecular formula is C26H37NO5. The summed E-state index contributed by atoms with van der Waals surface area (Å²) in [6.45, 7) is 12.1. The minimum atomic E-state index is -0.756. The van der Waals surface area contributed by atoms with E-state index in [2.05, 4.69) is 24.4 Å². The van der Waals surface area contributed by atoms with Crippen molar-refractivity contribution in [3.05, 3.63) is 53.1 Å². The molecule has 1 aromatic carbocycles. The van der Waals surface area contributed by atoms with Crippen LogP contribution in [0, 0.1) is 5.92 Å². The number of allylic oxidation sites excluding steroid dienone is 3. The largest absolute Gasteiger partial charge is 0.489 e. The van der Waals surface area contributed by atoms with Crippen molar-refractivity contribution in [3.63, 3.8) is 0 Å². The van der Waals surface area contributed by atoms with E-state index in [1.807, 2.05) is 38.1 Å². The highest BCUT2D eigenvalue weighted by atomic mass is 16.6. The van der Waals surface area contributed by atoms with E-state index < -0.39 is 23.7 Å². The third kappa shape index (κ3) is 9.58. The van der Waals surface area contributed by atoms with Crippen molar-refractivity contribution in [3.8, 4) is 5.75 Å². The van der Waals surface area contributed by atoms with E-state index in [1.54, 1.807) is 20.8 Å².